The minimum Gasteiger partial charge on any atom is -0.619 e. The van der Waals surface area contributed by atoms with Crippen LogP contribution in [0.2, 0.25) is 0 Å². The van der Waals surface area contributed by atoms with Crippen molar-refractivity contribution in [2.75, 3.05) is 0 Å². The van der Waals surface area contributed by atoms with Crippen LogP contribution in [-0.2, 0) is 6.54 Å². The zero-order valence-corrected chi connectivity index (χ0v) is 9.67. The Bertz CT molecular complexity index is 368. The zero-order valence-electron chi connectivity index (χ0n) is 9.67. The highest BCUT2D eigenvalue weighted by Crippen LogP contribution is 2.16. The minimum absolute atomic E-state index is 0.277. The number of pyridine rings is 1. The third-order valence-electron chi connectivity index (χ3n) is 2.25. The van der Waals surface area contributed by atoms with Crippen LogP contribution in [0.3, 0.4) is 0 Å². The van der Waals surface area contributed by atoms with Gasteiger partial charge in [0.2, 0.25) is 0 Å². The van der Waals surface area contributed by atoms with Gasteiger partial charge < -0.3 is 10.3 Å². The van der Waals surface area contributed by atoms with E-state index in [1.165, 1.54) is 17.3 Å². The van der Waals surface area contributed by atoms with E-state index in [0.717, 1.165) is 5.56 Å². The Morgan fingerprint density at radius 1 is 1.44 bits per heavy atom. The molecule has 0 atom stereocenters. The van der Waals surface area contributed by atoms with Crippen molar-refractivity contribution in [1.29, 1.82) is 0 Å². The van der Waals surface area contributed by atoms with Gasteiger partial charge in [0, 0.05) is 24.2 Å². The predicted molar refractivity (Wildman–Crippen MR) is 58.7 cm³/mol. The molecule has 0 aliphatic heterocycles. The molecule has 16 heavy (non-hydrogen) atoms. The second-order valence-corrected chi connectivity index (χ2v) is 4.61. The van der Waals surface area contributed by atoms with Gasteiger partial charge in [-0.3, -0.25) is 4.90 Å². The summed E-state index contributed by atoms with van der Waals surface area (Å²) in [6.45, 7) is 5.77. The average molecular weight is 224 g/mol. The third kappa shape index (κ3) is 3.12. The van der Waals surface area contributed by atoms with Crippen LogP contribution in [0.1, 0.15) is 26.3 Å². The number of amides is 1. The molecule has 88 valence electrons. The molecule has 1 rings (SSSR count). The van der Waals surface area contributed by atoms with Crippen LogP contribution in [0.5, 0.6) is 0 Å². The summed E-state index contributed by atoms with van der Waals surface area (Å²) in [4.78, 5) is 12.4. The fourth-order valence-electron chi connectivity index (χ4n) is 1.32. The quantitative estimate of drug-likeness (QED) is 0.612. The van der Waals surface area contributed by atoms with Gasteiger partial charge in [-0.05, 0) is 26.3 Å². The number of hydrogen-bond donors (Lipinski definition) is 1. The highest BCUT2D eigenvalue weighted by Gasteiger charge is 2.26. The summed E-state index contributed by atoms with van der Waals surface area (Å²) in [6, 6.07) is 3.24. The molecule has 0 saturated carbocycles. The van der Waals surface area contributed by atoms with Crippen LogP contribution in [0.25, 0.3) is 0 Å². The molecule has 0 aromatic carbocycles. The lowest BCUT2D eigenvalue weighted by molar-refractivity contribution is -0.605. The largest absolute Gasteiger partial charge is 0.619 e. The minimum atomic E-state index is -0.966. The Labute approximate surface area is 94.5 Å². The Balaban J connectivity index is 2.84. The van der Waals surface area contributed by atoms with Crippen LogP contribution in [0, 0.1) is 5.21 Å². The number of carboxylic acid groups (broad SMARTS) is 1. The molecule has 0 unspecified atom stereocenters. The van der Waals surface area contributed by atoms with Gasteiger partial charge in [-0.25, -0.2) is 4.79 Å². The second kappa shape index (κ2) is 4.38. The number of hydrogen-bond acceptors (Lipinski definition) is 2. The van der Waals surface area contributed by atoms with E-state index >= 15 is 0 Å². The van der Waals surface area contributed by atoms with Crippen molar-refractivity contribution in [3.05, 3.63) is 35.3 Å². The van der Waals surface area contributed by atoms with E-state index < -0.39 is 11.6 Å². The van der Waals surface area contributed by atoms with Crippen molar-refractivity contribution in [3.63, 3.8) is 0 Å². The molecule has 5 nitrogen and oxygen atoms in total. The summed E-state index contributed by atoms with van der Waals surface area (Å²) in [5.41, 5.74) is 0.333. The fraction of sp³-hybridized carbons (Fsp3) is 0.455. The maximum atomic E-state index is 11.1. The maximum Gasteiger partial charge on any atom is 0.408 e. The summed E-state index contributed by atoms with van der Waals surface area (Å²) < 4.78 is 0.672. The molecule has 1 aromatic heterocycles. The first-order valence-electron chi connectivity index (χ1n) is 4.99. The molecule has 0 spiro atoms. The van der Waals surface area contributed by atoms with E-state index in [4.69, 9.17) is 5.11 Å². The van der Waals surface area contributed by atoms with Gasteiger partial charge in [-0.1, -0.05) is 0 Å². The molecule has 1 heterocycles. The lowest BCUT2D eigenvalue weighted by Crippen LogP contribution is -2.44. The number of carbonyl (C=O) groups is 1. The van der Waals surface area contributed by atoms with Crippen molar-refractivity contribution in [2.45, 2.75) is 32.9 Å². The molecule has 1 aromatic rings. The predicted octanol–water partition coefficient (Wildman–Crippen LogP) is 1.60. The molecular weight excluding hydrogens is 208 g/mol. The first-order chi connectivity index (χ1) is 7.30. The zero-order chi connectivity index (χ0) is 12.3. The van der Waals surface area contributed by atoms with Crippen LogP contribution in [-0.4, -0.2) is 21.6 Å². The van der Waals surface area contributed by atoms with Gasteiger partial charge >= 0.3 is 6.09 Å². The van der Waals surface area contributed by atoms with Gasteiger partial charge in [0.25, 0.3) is 0 Å². The lowest BCUT2D eigenvalue weighted by atomic mass is 10.1. The molecule has 0 radical (unpaired) electrons. The SMILES string of the molecule is CC(C)(C)N(Cc1cc[n+]([O-])cc1)C(=O)O. The molecule has 0 saturated heterocycles. The highest BCUT2D eigenvalue weighted by atomic mass is 16.5. The molecule has 0 bridgehead atoms. The summed E-state index contributed by atoms with van der Waals surface area (Å²) >= 11 is 0. The highest BCUT2D eigenvalue weighted by molar-refractivity contribution is 5.66. The van der Waals surface area contributed by atoms with Crippen LogP contribution < -0.4 is 4.73 Å². The first kappa shape index (κ1) is 12.3. The molecule has 0 fully saturated rings. The first-order valence-corrected chi connectivity index (χ1v) is 4.99. The summed E-state index contributed by atoms with van der Waals surface area (Å²) in [6.07, 6.45) is 1.75. The normalized spacial score (nSPS) is 11.2. The van der Waals surface area contributed by atoms with Gasteiger partial charge in [-0.2, -0.15) is 4.73 Å². The van der Waals surface area contributed by atoms with E-state index in [1.54, 1.807) is 12.1 Å². The topological polar surface area (TPSA) is 67.5 Å². The van der Waals surface area contributed by atoms with Gasteiger partial charge in [0.1, 0.15) is 0 Å². The maximum absolute atomic E-state index is 11.1. The van der Waals surface area contributed by atoms with Crippen LogP contribution in [0.4, 0.5) is 4.79 Å². The third-order valence-corrected chi connectivity index (χ3v) is 2.25. The fourth-order valence-corrected chi connectivity index (χ4v) is 1.32. The summed E-state index contributed by atoms with van der Waals surface area (Å²) in [5, 5.41) is 19.9. The molecule has 1 amide bonds. The number of rotatable bonds is 2. The Hall–Kier alpha value is -1.78. The van der Waals surface area contributed by atoms with E-state index in [9.17, 15) is 10.0 Å². The molecule has 0 aliphatic rings. The van der Waals surface area contributed by atoms with Crippen LogP contribution >= 0.6 is 0 Å². The van der Waals surface area contributed by atoms with E-state index in [2.05, 4.69) is 0 Å². The van der Waals surface area contributed by atoms with Crippen LogP contribution in [0.15, 0.2) is 24.5 Å². The number of aromatic nitrogens is 1. The smallest absolute Gasteiger partial charge is 0.408 e. The second-order valence-electron chi connectivity index (χ2n) is 4.61. The van der Waals surface area contributed by atoms with E-state index in [1.807, 2.05) is 20.8 Å². The average Bonchev–Trinajstić information content (AvgIpc) is 2.14. The van der Waals surface area contributed by atoms with Crippen molar-refractivity contribution in [1.82, 2.24) is 4.90 Å². The van der Waals surface area contributed by atoms with E-state index in [0.29, 0.717) is 4.73 Å². The van der Waals surface area contributed by atoms with Crippen molar-refractivity contribution in [3.8, 4) is 0 Å². The monoisotopic (exact) mass is 224 g/mol. The summed E-state index contributed by atoms with van der Waals surface area (Å²) in [7, 11) is 0. The summed E-state index contributed by atoms with van der Waals surface area (Å²) in [5.74, 6) is 0. The number of nitrogens with zero attached hydrogens (tertiary/aromatic N) is 2. The lowest BCUT2D eigenvalue weighted by Gasteiger charge is -2.33. The van der Waals surface area contributed by atoms with Crippen molar-refractivity contribution >= 4 is 6.09 Å². The Kier molecular flexibility index (Phi) is 3.37. The Morgan fingerprint density at radius 2 is 1.94 bits per heavy atom. The van der Waals surface area contributed by atoms with E-state index in [-0.39, 0.29) is 6.54 Å². The van der Waals surface area contributed by atoms with Crippen molar-refractivity contribution in [2.24, 2.45) is 0 Å². The van der Waals surface area contributed by atoms with Gasteiger partial charge in [0.05, 0.1) is 0 Å². The molecular formula is C11H16N2O3. The van der Waals surface area contributed by atoms with Crippen molar-refractivity contribution < 1.29 is 14.6 Å². The Morgan fingerprint density at radius 3 is 2.31 bits per heavy atom. The molecule has 0 aliphatic carbocycles. The van der Waals surface area contributed by atoms with Gasteiger partial charge in [0.15, 0.2) is 12.4 Å². The van der Waals surface area contributed by atoms with Gasteiger partial charge in [-0.15, -0.1) is 0 Å². The standard InChI is InChI=1S/C11H16N2O3/c1-11(2,3)13(10(14)15)8-9-4-6-12(16)7-5-9/h4-7H,8H2,1-3H3,(H,14,15). The molecule has 1 N–H and O–H groups in total. The molecule has 5 heteroatoms.